The normalized spacial score (nSPS) is 10.3. The molecule has 0 spiro atoms. The van der Waals surface area contributed by atoms with Crippen LogP contribution in [0.2, 0.25) is 0 Å². The van der Waals surface area contributed by atoms with E-state index >= 15 is 0 Å². The van der Waals surface area contributed by atoms with Crippen LogP contribution in [0, 0.1) is 30.9 Å². The summed E-state index contributed by atoms with van der Waals surface area (Å²) >= 11 is 0. The van der Waals surface area contributed by atoms with Gasteiger partial charge in [-0.05, 0) is 38.0 Å². The van der Waals surface area contributed by atoms with E-state index in [1.165, 1.54) is 16.7 Å². The summed E-state index contributed by atoms with van der Waals surface area (Å²) in [7, 11) is 0. The van der Waals surface area contributed by atoms with Crippen molar-refractivity contribution in [3.8, 4) is 0 Å². The van der Waals surface area contributed by atoms with E-state index < -0.39 is 0 Å². The van der Waals surface area contributed by atoms with E-state index in [1.807, 2.05) is 6.07 Å². The fourth-order valence-electron chi connectivity index (χ4n) is 2.10. The molecule has 0 saturated carbocycles. The summed E-state index contributed by atoms with van der Waals surface area (Å²) in [6, 6.07) is 11.5. The number of nitro benzene ring substituents is 1. The number of nitrogens with zero attached hydrogens (tertiary/aromatic N) is 1. The Balaban J connectivity index is 2.17. The summed E-state index contributed by atoms with van der Waals surface area (Å²) in [4.78, 5) is 10.6. The SMILES string of the molecule is Cc1ccc(C)c(CNc2ccc(C)c([N+](=O)[O-])c2)c1. The van der Waals surface area contributed by atoms with Gasteiger partial charge in [0.05, 0.1) is 4.92 Å². The molecular weight excluding hydrogens is 252 g/mol. The first-order chi connectivity index (χ1) is 9.47. The number of hydrogen-bond donors (Lipinski definition) is 1. The summed E-state index contributed by atoms with van der Waals surface area (Å²) in [5, 5.41) is 14.2. The number of aryl methyl sites for hydroxylation is 3. The Morgan fingerprint density at radius 2 is 1.75 bits per heavy atom. The lowest BCUT2D eigenvalue weighted by Crippen LogP contribution is -2.02. The van der Waals surface area contributed by atoms with E-state index in [2.05, 4.69) is 37.4 Å². The minimum atomic E-state index is -0.349. The minimum absolute atomic E-state index is 0.149. The van der Waals surface area contributed by atoms with Gasteiger partial charge in [0.1, 0.15) is 0 Å². The molecular formula is C16H18N2O2. The van der Waals surface area contributed by atoms with E-state index in [9.17, 15) is 10.1 Å². The molecule has 4 nitrogen and oxygen atoms in total. The van der Waals surface area contributed by atoms with Crippen LogP contribution in [0.25, 0.3) is 0 Å². The van der Waals surface area contributed by atoms with Crippen molar-refractivity contribution in [1.29, 1.82) is 0 Å². The van der Waals surface area contributed by atoms with Crippen molar-refractivity contribution in [2.45, 2.75) is 27.3 Å². The topological polar surface area (TPSA) is 55.2 Å². The molecule has 0 aliphatic rings. The molecule has 0 fully saturated rings. The molecule has 2 aromatic carbocycles. The number of nitro groups is 1. The minimum Gasteiger partial charge on any atom is -0.381 e. The number of rotatable bonds is 4. The fourth-order valence-corrected chi connectivity index (χ4v) is 2.10. The molecule has 1 N–H and O–H groups in total. The maximum atomic E-state index is 10.9. The quantitative estimate of drug-likeness (QED) is 0.671. The van der Waals surface area contributed by atoms with Crippen molar-refractivity contribution in [3.05, 3.63) is 68.8 Å². The Morgan fingerprint density at radius 1 is 1.05 bits per heavy atom. The third kappa shape index (κ3) is 3.15. The first-order valence-electron chi connectivity index (χ1n) is 6.52. The molecule has 4 heteroatoms. The largest absolute Gasteiger partial charge is 0.381 e. The van der Waals surface area contributed by atoms with Crippen molar-refractivity contribution in [2.75, 3.05) is 5.32 Å². The lowest BCUT2D eigenvalue weighted by atomic mass is 10.1. The summed E-state index contributed by atoms with van der Waals surface area (Å²) in [5.41, 5.74) is 5.21. The molecule has 0 radical (unpaired) electrons. The van der Waals surface area contributed by atoms with Gasteiger partial charge in [0.2, 0.25) is 0 Å². The van der Waals surface area contributed by atoms with Crippen LogP contribution in [0.1, 0.15) is 22.3 Å². The molecule has 0 unspecified atom stereocenters. The van der Waals surface area contributed by atoms with Gasteiger partial charge in [-0.2, -0.15) is 0 Å². The Kier molecular flexibility index (Phi) is 4.03. The molecule has 104 valence electrons. The van der Waals surface area contributed by atoms with E-state index in [1.54, 1.807) is 19.1 Å². The second-order valence-electron chi connectivity index (χ2n) is 5.04. The van der Waals surface area contributed by atoms with Crippen molar-refractivity contribution in [3.63, 3.8) is 0 Å². The monoisotopic (exact) mass is 270 g/mol. The number of benzene rings is 2. The second-order valence-corrected chi connectivity index (χ2v) is 5.04. The smallest absolute Gasteiger partial charge is 0.274 e. The lowest BCUT2D eigenvalue weighted by Gasteiger charge is -2.10. The lowest BCUT2D eigenvalue weighted by molar-refractivity contribution is -0.385. The van der Waals surface area contributed by atoms with Gasteiger partial charge in [-0.25, -0.2) is 0 Å². The Bertz CT molecular complexity index is 651. The van der Waals surface area contributed by atoms with Crippen LogP contribution >= 0.6 is 0 Å². The molecule has 0 aliphatic carbocycles. The van der Waals surface area contributed by atoms with Crippen LogP contribution < -0.4 is 5.32 Å². The molecule has 0 heterocycles. The average molecular weight is 270 g/mol. The van der Waals surface area contributed by atoms with E-state index in [-0.39, 0.29) is 10.6 Å². The van der Waals surface area contributed by atoms with Crippen LogP contribution in [-0.4, -0.2) is 4.92 Å². The highest BCUT2D eigenvalue weighted by molar-refractivity contribution is 5.55. The first-order valence-corrected chi connectivity index (χ1v) is 6.52. The van der Waals surface area contributed by atoms with Crippen molar-refractivity contribution < 1.29 is 4.92 Å². The van der Waals surface area contributed by atoms with E-state index in [4.69, 9.17) is 0 Å². The molecule has 0 bridgehead atoms. The van der Waals surface area contributed by atoms with Gasteiger partial charge in [-0.3, -0.25) is 10.1 Å². The molecule has 0 aromatic heterocycles. The van der Waals surface area contributed by atoms with E-state index in [0.717, 1.165) is 5.69 Å². The molecule has 0 atom stereocenters. The molecule has 0 saturated heterocycles. The van der Waals surface area contributed by atoms with Crippen molar-refractivity contribution in [2.24, 2.45) is 0 Å². The van der Waals surface area contributed by atoms with Gasteiger partial charge in [0.25, 0.3) is 5.69 Å². The fraction of sp³-hybridized carbons (Fsp3) is 0.250. The van der Waals surface area contributed by atoms with Gasteiger partial charge < -0.3 is 5.32 Å². The van der Waals surface area contributed by atoms with E-state index in [0.29, 0.717) is 12.1 Å². The van der Waals surface area contributed by atoms with Crippen molar-refractivity contribution in [1.82, 2.24) is 0 Å². The summed E-state index contributed by atoms with van der Waals surface area (Å²) < 4.78 is 0. The molecule has 0 amide bonds. The highest BCUT2D eigenvalue weighted by Gasteiger charge is 2.10. The Hall–Kier alpha value is -2.36. The summed E-state index contributed by atoms with van der Waals surface area (Å²) in [6.45, 7) is 6.52. The maximum Gasteiger partial charge on any atom is 0.274 e. The molecule has 2 rings (SSSR count). The van der Waals surface area contributed by atoms with Gasteiger partial charge in [0, 0.05) is 23.9 Å². The zero-order valence-electron chi connectivity index (χ0n) is 11.9. The van der Waals surface area contributed by atoms with Crippen LogP contribution in [0.3, 0.4) is 0 Å². The van der Waals surface area contributed by atoms with Crippen LogP contribution in [0.15, 0.2) is 36.4 Å². The van der Waals surface area contributed by atoms with Gasteiger partial charge >= 0.3 is 0 Å². The second kappa shape index (κ2) is 5.74. The zero-order valence-corrected chi connectivity index (χ0v) is 11.9. The highest BCUT2D eigenvalue weighted by atomic mass is 16.6. The van der Waals surface area contributed by atoms with Crippen LogP contribution in [-0.2, 0) is 6.54 Å². The third-order valence-electron chi connectivity index (χ3n) is 3.39. The summed E-state index contributed by atoms with van der Waals surface area (Å²) in [5.74, 6) is 0. The first kappa shape index (κ1) is 14.1. The number of hydrogen-bond acceptors (Lipinski definition) is 3. The predicted octanol–water partition coefficient (Wildman–Crippen LogP) is 4.13. The summed E-state index contributed by atoms with van der Waals surface area (Å²) in [6.07, 6.45) is 0. The van der Waals surface area contributed by atoms with Crippen molar-refractivity contribution >= 4 is 11.4 Å². The Labute approximate surface area is 118 Å². The van der Waals surface area contributed by atoms with Crippen LogP contribution in [0.4, 0.5) is 11.4 Å². The van der Waals surface area contributed by atoms with Gasteiger partial charge in [0.15, 0.2) is 0 Å². The maximum absolute atomic E-state index is 10.9. The number of nitrogens with one attached hydrogen (secondary N) is 1. The molecule has 0 aliphatic heterocycles. The number of anilines is 1. The van der Waals surface area contributed by atoms with Gasteiger partial charge in [-0.1, -0.05) is 29.8 Å². The third-order valence-corrected chi connectivity index (χ3v) is 3.39. The van der Waals surface area contributed by atoms with Gasteiger partial charge in [-0.15, -0.1) is 0 Å². The zero-order chi connectivity index (χ0) is 14.7. The average Bonchev–Trinajstić information content (AvgIpc) is 2.41. The molecule has 20 heavy (non-hydrogen) atoms. The molecule has 2 aromatic rings. The Morgan fingerprint density at radius 3 is 2.45 bits per heavy atom. The predicted molar refractivity (Wildman–Crippen MR) is 81.1 cm³/mol. The standard InChI is InChI=1S/C16H18N2O2/c1-11-4-5-12(2)14(8-11)10-17-15-7-6-13(3)16(9-15)18(19)20/h4-9,17H,10H2,1-3H3. The highest BCUT2D eigenvalue weighted by Crippen LogP contribution is 2.23. The van der Waals surface area contributed by atoms with Crippen LogP contribution in [0.5, 0.6) is 0 Å².